The molecule has 0 radical (unpaired) electrons. The molecule has 0 bridgehead atoms. The zero-order valence-corrected chi connectivity index (χ0v) is 21.3. The van der Waals surface area contributed by atoms with Crippen molar-refractivity contribution in [3.05, 3.63) is 64.2 Å². The highest BCUT2D eigenvalue weighted by Gasteiger charge is 2.58. The number of hydrogen-bond acceptors (Lipinski definition) is 3. The molecule has 3 aliphatic rings. The predicted molar refractivity (Wildman–Crippen MR) is 136 cm³/mol. The average molecular weight is 531 g/mol. The summed E-state index contributed by atoms with van der Waals surface area (Å²) in [5, 5.41) is 11.6. The van der Waals surface area contributed by atoms with Gasteiger partial charge in [-0.05, 0) is 105 Å². The first kappa shape index (κ1) is 25.9. The van der Waals surface area contributed by atoms with Gasteiger partial charge in [0, 0.05) is 18.3 Å². The number of benzene rings is 2. The van der Waals surface area contributed by atoms with Crippen molar-refractivity contribution in [2.45, 2.75) is 56.2 Å². The number of likely N-dealkylation sites (tertiary alicyclic amines) is 1. The van der Waals surface area contributed by atoms with Crippen LogP contribution in [0.25, 0.3) is 0 Å². The summed E-state index contributed by atoms with van der Waals surface area (Å²) in [6.07, 6.45) is 1.04. The molecule has 196 valence electrons. The van der Waals surface area contributed by atoms with Crippen LogP contribution in [0.3, 0.4) is 0 Å². The molecular weight excluding hydrogens is 501 g/mol. The number of anilines is 1. The molecule has 2 saturated carbocycles. The lowest BCUT2D eigenvalue weighted by Crippen LogP contribution is -2.47. The molecule has 1 N–H and O–H groups in total. The Bertz CT molecular complexity index is 1210. The number of carbonyl (C=O) groups is 1. The summed E-state index contributed by atoms with van der Waals surface area (Å²) in [6.45, 7) is 3.61. The monoisotopic (exact) mass is 530 g/mol. The smallest absolute Gasteiger partial charge is 0.321 e. The van der Waals surface area contributed by atoms with Gasteiger partial charge in [0.2, 0.25) is 0 Å². The Labute approximate surface area is 220 Å². The average Bonchev–Trinajstić information content (AvgIpc) is 3.58. The molecule has 9 heteroatoms. The van der Waals surface area contributed by atoms with Crippen molar-refractivity contribution in [3.63, 3.8) is 0 Å². The number of urea groups is 1. The minimum Gasteiger partial charge on any atom is -0.321 e. The summed E-state index contributed by atoms with van der Waals surface area (Å²) < 4.78 is 40.0. The van der Waals surface area contributed by atoms with Crippen molar-refractivity contribution < 1.29 is 18.0 Å². The first-order chi connectivity index (χ1) is 17.7. The Kier molecular flexibility index (Phi) is 7.12. The summed E-state index contributed by atoms with van der Waals surface area (Å²) in [4.78, 5) is 17.6. The van der Waals surface area contributed by atoms with Crippen molar-refractivity contribution in [1.82, 2.24) is 9.80 Å². The highest BCUT2D eigenvalue weighted by Crippen LogP contribution is 2.63. The van der Waals surface area contributed by atoms with Gasteiger partial charge in [-0.15, -0.1) is 0 Å². The highest BCUT2D eigenvalue weighted by molar-refractivity contribution is 6.31. The van der Waals surface area contributed by atoms with Gasteiger partial charge in [0.1, 0.15) is 0 Å². The van der Waals surface area contributed by atoms with E-state index in [1.54, 1.807) is 0 Å². The maximum absolute atomic E-state index is 13.4. The van der Waals surface area contributed by atoms with Gasteiger partial charge in [-0.3, -0.25) is 0 Å². The highest BCUT2D eigenvalue weighted by atomic mass is 35.5. The quantitative estimate of drug-likeness (QED) is 0.435. The van der Waals surface area contributed by atoms with Crippen molar-refractivity contribution >= 4 is 23.3 Å². The van der Waals surface area contributed by atoms with E-state index in [9.17, 15) is 23.2 Å². The fourth-order valence-electron chi connectivity index (χ4n) is 6.08. The molecule has 1 saturated heterocycles. The molecule has 1 unspecified atom stereocenters. The number of rotatable bonds is 7. The van der Waals surface area contributed by atoms with E-state index in [4.69, 9.17) is 11.6 Å². The molecule has 0 spiro atoms. The number of nitriles is 1. The van der Waals surface area contributed by atoms with Crippen LogP contribution in [0.1, 0.15) is 55.2 Å². The summed E-state index contributed by atoms with van der Waals surface area (Å²) in [6, 6.07) is 13.2. The third-order valence-electron chi connectivity index (χ3n) is 8.33. The topological polar surface area (TPSA) is 59.4 Å². The number of carbonyl (C=O) groups excluding carboxylic acids is 1. The van der Waals surface area contributed by atoms with Crippen LogP contribution in [-0.2, 0) is 11.6 Å². The van der Waals surface area contributed by atoms with Gasteiger partial charge in [-0.2, -0.15) is 18.4 Å². The maximum Gasteiger partial charge on any atom is 0.417 e. The van der Waals surface area contributed by atoms with E-state index in [2.05, 4.69) is 22.4 Å². The molecule has 2 aliphatic carbocycles. The van der Waals surface area contributed by atoms with E-state index < -0.39 is 16.8 Å². The lowest BCUT2D eigenvalue weighted by atomic mass is 9.80. The number of nitrogens with one attached hydrogen (secondary N) is 1. The van der Waals surface area contributed by atoms with E-state index in [0.717, 1.165) is 57.8 Å². The second-order valence-corrected chi connectivity index (χ2v) is 10.9. The Hall–Kier alpha value is -2.76. The third-order valence-corrected chi connectivity index (χ3v) is 8.66. The Morgan fingerprint density at radius 2 is 2.05 bits per heavy atom. The first-order valence-electron chi connectivity index (χ1n) is 12.9. The number of fused-ring (bicyclic) bond motifs is 1. The van der Waals surface area contributed by atoms with Crippen LogP contribution >= 0.6 is 11.6 Å². The van der Waals surface area contributed by atoms with Crippen molar-refractivity contribution in [2.24, 2.45) is 5.92 Å². The molecule has 2 aromatic rings. The molecule has 0 aromatic heterocycles. The number of hydrogen-bond donors (Lipinski definition) is 1. The van der Waals surface area contributed by atoms with Gasteiger partial charge in [0.05, 0.1) is 22.2 Å². The summed E-state index contributed by atoms with van der Waals surface area (Å²) in [7, 11) is 0. The second kappa shape index (κ2) is 10.2. The fourth-order valence-corrected chi connectivity index (χ4v) is 6.31. The van der Waals surface area contributed by atoms with Gasteiger partial charge >= 0.3 is 12.2 Å². The van der Waals surface area contributed by atoms with E-state index in [-0.39, 0.29) is 23.2 Å². The Balaban J connectivity index is 1.30. The Morgan fingerprint density at radius 1 is 1.24 bits per heavy atom. The van der Waals surface area contributed by atoms with E-state index >= 15 is 0 Å². The molecule has 5 rings (SSSR count). The lowest BCUT2D eigenvalue weighted by Gasteiger charge is -2.38. The van der Waals surface area contributed by atoms with Crippen LogP contribution in [0.2, 0.25) is 5.02 Å². The Morgan fingerprint density at radius 3 is 2.73 bits per heavy atom. The lowest BCUT2D eigenvalue weighted by molar-refractivity contribution is -0.137. The number of amides is 2. The van der Waals surface area contributed by atoms with Gasteiger partial charge < -0.3 is 15.1 Å². The van der Waals surface area contributed by atoms with Crippen molar-refractivity contribution in [2.75, 3.05) is 31.5 Å². The molecule has 2 amide bonds. The van der Waals surface area contributed by atoms with E-state index in [1.807, 2.05) is 23.1 Å². The fraction of sp³-hybridized carbons (Fsp3) is 0.500. The van der Waals surface area contributed by atoms with Crippen LogP contribution in [0.4, 0.5) is 23.7 Å². The molecule has 1 aliphatic heterocycles. The van der Waals surface area contributed by atoms with Gasteiger partial charge in [0.15, 0.2) is 0 Å². The zero-order valence-electron chi connectivity index (χ0n) is 20.5. The largest absolute Gasteiger partial charge is 0.417 e. The zero-order chi connectivity index (χ0) is 26.2. The van der Waals surface area contributed by atoms with Crippen LogP contribution < -0.4 is 5.32 Å². The molecule has 5 nitrogen and oxygen atoms in total. The van der Waals surface area contributed by atoms with Gasteiger partial charge in [-0.25, -0.2) is 4.79 Å². The maximum atomic E-state index is 13.4. The van der Waals surface area contributed by atoms with E-state index in [0.29, 0.717) is 18.0 Å². The number of halogens is 4. The van der Waals surface area contributed by atoms with Crippen molar-refractivity contribution in [3.8, 4) is 6.07 Å². The minimum atomic E-state index is -4.60. The number of alkyl halides is 3. The molecule has 2 aromatic carbocycles. The molecule has 1 heterocycles. The van der Waals surface area contributed by atoms with Crippen LogP contribution in [0, 0.1) is 17.2 Å². The van der Waals surface area contributed by atoms with Gasteiger partial charge in [-0.1, -0.05) is 23.7 Å². The van der Waals surface area contributed by atoms with Crippen LogP contribution in [0.5, 0.6) is 0 Å². The molecule has 37 heavy (non-hydrogen) atoms. The van der Waals surface area contributed by atoms with Crippen molar-refractivity contribution in [1.29, 1.82) is 5.26 Å². The predicted octanol–water partition coefficient (Wildman–Crippen LogP) is 6.67. The standard InChI is InChI=1S/C28H30ClF3N4O/c29-25-7-6-22(16-24(25)28(30,31)32)34-26(37)36(13-3-12-35-10-2-11-35)23-8-9-27(17-21(27)15-23)20-5-1-4-19(14-20)18-33/h1,4-7,14,16,21,23H,2-3,8-13,15,17H2,(H,34,37)/t21?,23-,27-/m1/s1. The van der Waals surface area contributed by atoms with Gasteiger partial charge in [0.25, 0.3) is 0 Å². The first-order valence-corrected chi connectivity index (χ1v) is 13.2. The molecular formula is C28H30ClF3N4O. The molecule has 3 atom stereocenters. The second-order valence-electron chi connectivity index (χ2n) is 10.5. The summed E-state index contributed by atoms with van der Waals surface area (Å²) >= 11 is 5.76. The minimum absolute atomic E-state index is 0.0190. The summed E-state index contributed by atoms with van der Waals surface area (Å²) in [5.41, 5.74) is 1.05. The normalized spacial score (nSPS) is 24.9. The van der Waals surface area contributed by atoms with E-state index in [1.165, 1.54) is 24.1 Å². The SMILES string of the molecule is N#Cc1cccc([C@]23CC[C@@H](N(CCCN4CCC4)C(=O)Nc4ccc(Cl)c(C(F)(F)F)c4)CC2C3)c1. The third kappa shape index (κ3) is 5.44. The van der Waals surface area contributed by atoms with Crippen LogP contribution in [0.15, 0.2) is 42.5 Å². The molecule has 3 fully saturated rings. The number of nitrogens with zero attached hydrogens (tertiary/aromatic N) is 3. The summed E-state index contributed by atoms with van der Waals surface area (Å²) in [5.74, 6) is 0.429. The van der Waals surface area contributed by atoms with Crippen LogP contribution in [-0.4, -0.2) is 48.1 Å².